The smallest absolute Gasteiger partial charge is 0.423 e. The Morgan fingerprint density at radius 1 is 1.16 bits per heavy atom. The number of nitrogens with zero attached hydrogens (tertiary/aromatic N) is 1. The van der Waals surface area contributed by atoms with Crippen molar-refractivity contribution < 1.29 is 19.1 Å². The predicted molar refractivity (Wildman–Crippen MR) is 71.3 cm³/mol. The molecule has 0 radical (unpaired) electrons. The van der Waals surface area contributed by atoms with Crippen LogP contribution in [0.4, 0.5) is 4.79 Å². The third-order valence-electron chi connectivity index (χ3n) is 3.05. The topological polar surface area (TPSA) is 60.0 Å². The summed E-state index contributed by atoms with van der Waals surface area (Å²) in [5.74, 6) is 0. The van der Waals surface area contributed by atoms with E-state index in [0.717, 1.165) is 12.8 Å². The fraction of sp³-hybridized carbons (Fsp3) is 0.923. The van der Waals surface area contributed by atoms with E-state index in [1.807, 2.05) is 6.92 Å². The largest absolute Gasteiger partial charge is 0.449 e. The zero-order chi connectivity index (χ0) is 13.9. The number of ether oxygens (including phenoxy) is 2. The Bertz CT molecular complexity index is 245. The Labute approximate surface area is 115 Å². The van der Waals surface area contributed by atoms with Crippen molar-refractivity contribution in [1.82, 2.24) is 10.6 Å². The van der Waals surface area contributed by atoms with E-state index in [2.05, 4.69) is 5.43 Å². The van der Waals surface area contributed by atoms with Gasteiger partial charge in [-0.2, -0.15) is 0 Å². The molecule has 1 amide bonds. The lowest BCUT2D eigenvalue weighted by molar-refractivity contribution is -0.226. The summed E-state index contributed by atoms with van der Waals surface area (Å²) < 4.78 is 10.1. The fourth-order valence-electron chi connectivity index (χ4n) is 2.14. The van der Waals surface area contributed by atoms with Crippen LogP contribution in [-0.2, 0) is 14.3 Å². The molecule has 0 aromatic carbocycles. The number of rotatable bonds is 8. The van der Waals surface area contributed by atoms with E-state index in [4.69, 9.17) is 14.3 Å². The van der Waals surface area contributed by atoms with Crippen molar-refractivity contribution in [1.29, 1.82) is 0 Å². The third-order valence-corrected chi connectivity index (χ3v) is 3.05. The van der Waals surface area contributed by atoms with Crippen LogP contribution in [0.3, 0.4) is 0 Å². The van der Waals surface area contributed by atoms with Gasteiger partial charge in [-0.25, -0.2) is 10.2 Å². The summed E-state index contributed by atoms with van der Waals surface area (Å²) in [5, 5.41) is 1.55. The van der Waals surface area contributed by atoms with Crippen LogP contribution in [0.1, 0.15) is 46.0 Å². The minimum Gasteiger partial charge on any atom is -0.449 e. The lowest BCUT2D eigenvalue weighted by Crippen LogP contribution is -2.49. The Kier molecular flexibility index (Phi) is 8.53. The predicted octanol–water partition coefficient (Wildman–Crippen LogP) is 2.25. The Morgan fingerprint density at radius 3 is 2.53 bits per heavy atom. The summed E-state index contributed by atoms with van der Waals surface area (Å²) in [7, 11) is 0. The van der Waals surface area contributed by atoms with Gasteiger partial charge < -0.3 is 9.47 Å². The number of carbonyl (C=O) groups is 1. The minimum absolute atomic E-state index is 0.222. The van der Waals surface area contributed by atoms with E-state index >= 15 is 0 Å². The van der Waals surface area contributed by atoms with Crippen LogP contribution in [0.5, 0.6) is 0 Å². The molecule has 6 heteroatoms. The number of carbonyl (C=O) groups excluding carboxylic acids is 1. The van der Waals surface area contributed by atoms with E-state index in [-0.39, 0.29) is 6.04 Å². The minimum atomic E-state index is -0.468. The van der Waals surface area contributed by atoms with Crippen molar-refractivity contribution in [3.63, 3.8) is 0 Å². The third kappa shape index (κ3) is 6.75. The van der Waals surface area contributed by atoms with Gasteiger partial charge in [0.1, 0.15) is 0 Å². The van der Waals surface area contributed by atoms with Crippen LogP contribution in [0, 0.1) is 0 Å². The molecular weight excluding hydrogens is 248 g/mol. The Balaban J connectivity index is 2.38. The van der Waals surface area contributed by atoms with E-state index in [1.165, 1.54) is 19.3 Å². The van der Waals surface area contributed by atoms with E-state index < -0.39 is 6.09 Å². The zero-order valence-corrected chi connectivity index (χ0v) is 12.0. The van der Waals surface area contributed by atoms with Crippen molar-refractivity contribution in [2.45, 2.75) is 52.0 Å². The highest BCUT2D eigenvalue weighted by molar-refractivity contribution is 5.66. The molecule has 1 aliphatic rings. The van der Waals surface area contributed by atoms with Crippen molar-refractivity contribution >= 4 is 6.09 Å². The first-order valence-corrected chi connectivity index (χ1v) is 7.21. The summed E-state index contributed by atoms with van der Waals surface area (Å²) >= 11 is 0. The van der Waals surface area contributed by atoms with Crippen LogP contribution in [0.25, 0.3) is 0 Å². The number of hydrogen-bond donors (Lipinski definition) is 1. The van der Waals surface area contributed by atoms with Gasteiger partial charge in [-0.1, -0.05) is 24.4 Å². The molecule has 0 aromatic heterocycles. The molecule has 1 aliphatic carbocycles. The maximum atomic E-state index is 11.5. The molecule has 0 spiro atoms. The molecule has 0 aromatic rings. The number of hydrogen-bond acceptors (Lipinski definition) is 5. The Hall–Kier alpha value is -0.850. The highest BCUT2D eigenvalue weighted by Crippen LogP contribution is 2.21. The maximum absolute atomic E-state index is 11.5. The van der Waals surface area contributed by atoms with Crippen molar-refractivity contribution in [2.75, 3.05) is 26.4 Å². The number of hydrazine groups is 1. The van der Waals surface area contributed by atoms with Crippen molar-refractivity contribution in [3.8, 4) is 0 Å². The quantitative estimate of drug-likeness (QED) is 0.543. The maximum Gasteiger partial charge on any atom is 0.423 e. The molecule has 1 fully saturated rings. The second kappa shape index (κ2) is 10.00. The molecule has 0 heterocycles. The summed E-state index contributed by atoms with van der Waals surface area (Å²) in [6.07, 6.45) is 5.18. The molecule has 0 atom stereocenters. The first-order valence-electron chi connectivity index (χ1n) is 7.21. The molecule has 1 rings (SSSR count). The molecule has 112 valence electrons. The van der Waals surface area contributed by atoms with Crippen molar-refractivity contribution in [3.05, 3.63) is 0 Å². The molecule has 0 unspecified atom stereocenters. The monoisotopic (exact) mass is 274 g/mol. The van der Waals surface area contributed by atoms with Crippen LogP contribution in [0.15, 0.2) is 0 Å². The summed E-state index contributed by atoms with van der Waals surface area (Å²) in [4.78, 5) is 17.1. The average molecular weight is 274 g/mol. The average Bonchev–Trinajstić information content (AvgIpc) is 2.43. The number of amides is 1. The van der Waals surface area contributed by atoms with Crippen LogP contribution in [-0.4, -0.2) is 43.7 Å². The van der Waals surface area contributed by atoms with E-state index in [0.29, 0.717) is 26.4 Å². The van der Waals surface area contributed by atoms with Gasteiger partial charge in [0.2, 0.25) is 0 Å². The molecular formula is C13H26N2O4. The molecule has 19 heavy (non-hydrogen) atoms. The Morgan fingerprint density at radius 2 is 1.89 bits per heavy atom. The van der Waals surface area contributed by atoms with Gasteiger partial charge in [-0.3, -0.25) is 4.84 Å². The van der Waals surface area contributed by atoms with E-state index in [1.54, 1.807) is 12.1 Å². The van der Waals surface area contributed by atoms with Crippen LogP contribution < -0.4 is 5.43 Å². The van der Waals surface area contributed by atoms with Gasteiger partial charge >= 0.3 is 6.09 Å². The molecule has 0 aliphatic heterocycles. The van der Waals surface area contributed by atoms with Crippen LogP contribution in [0.2, 0.25) is 0 Å². The number of hydroxylamine groups is 1. The second-order valence-corrected chi connectivity index (χ2v) is 4.48. The highest BCUT2D eigenvalue weighted by atomic mass is 16.7. The van der Waals surface area contributed by atoms with Gasteiger partial charge in [0, 0.05) is 6.61 Å². The molecule has 6 nitrogen and oxygen atoms in total. The first-order chi connectivity index (χ1) is 9.27. The molecule has 0 saturated heterocycles. The number of nitrogens with one attached hydrogen (secondary N) is 1. The zero-order valence-electron chi connectivity index (χ0n) is 12.0. The van der Waals surface area contributed by atoms with Crippen LogP contribution >= 0.6 is 0 Å². The summed E-state index contributed by atoms with van der Waals surface area (Å²) in [6.45, 7) is 5.68. The van der Waals surface area contributed by atoms with Gasteiger partial charge in [0.05, 0.1) is 25.9 Å². The van der Waals surface area contributed by atoms with Gasteiger partial charge in [-0.05, 0) is 26.7 Å². The normalized spacial score (nSPS) is 16.6. The SMILES string of the molecule is CCOCCON(NC(=O)OCC)C1CCCCC1. The molecule has 1 N–H and O–H groups in total. The summed E-state index contributed by atoms with van der Waals surface area (Å²) in [6, 6.07) is 0.222. The van der Waals surface area contributed by atoms with E-state index in [9.17, 15) is 4.79 Å². The van der Waals surface area contributed by atoms with Gasteiger partial charge in [0.15, 0.2) is 0 Å². The highest BCUT2D eigenvalue weighted by Gasteiger charge is 2.24. The molecule has 0 bridgehead atoms. The summed E-state index contributed by atoms with van der Waals surface area (Å²) in [5.41, 5.74) is 2.66. The lowest BCUT2D eigenvalue weighted by atomic mass is 9.96. The van der Waals surface area contributed by atoms with Gasteiger partial charge in [-0.15, -0.1) is 0 Å². The van der Waals surface area contributed by atoms with Gasteiger partial charge in [0.25, 0.3) is 0 Å². The second-order valence-electron chi connectivity index (χ2n) is 4.48. The molecule has 1 saturated carbocycles. The van der Waals surface area contributed by atoms with Crippen molar-refractivity contribution in [2.24, 2.45) is 0 Å². The first kappa shape index (κ1) is 16.2. The standard InChI is InChI=1S/C13H26N2O4/c1-3-17-10-11-19-15(14-13(16)18-4-2)12-8-6-5-7-9-12/h12H,3-11H2,1-2H3,(H,14,16). The lowest BCUT2D eigenvalue weighted by Gasteiger charge is -2.32. The fourth-order valence-corrected chi connectivity index (χ4v) is 2.14.